The number of nitriles is 1. The summed E-state index contributed by atoms with van der Waals surface area (Å²) in [6.07, 6.45) is 1.85. The molecule has 0 aliphatic carbocycles. The van der Waals surface area contributed by atoms with Crippen LogP contribution in [0.4, 0.5) is 5.69 Å². The molecule has 1 aromatic heterocycles. The average molecular weight is 227 g/mol. The number of nitrogens with zero attached hydrogens (tertiary/aromatic N) is 1. The van der Waals surface area contributed by atoms with Gasteiger partial charge in [-0.2, -0.15) is 5.26 Å². The number of hydrogen-bond donors (Lipinski definition) is 2. The largest absolute Gasteiger partial charge is 0.396 e. The minimum atomic E-state index is -0.246. The summed E-state index contributed by atoms with van der Waals surface area (Å²) in [5.74, 6) is -0.246. The molecule has 0 fully saturated rings. The molecule has 0 radical (unpaired) electrons. The third kappa shape index (κ3) is 1.69. The van der Waals surface area contributed by atoms with Crippen molar-refractivity contribution in [3.05, 3.63) is 10.4 Å². The Morgan fingerprint density at radius 2 is 2.36 bits per heavy atom. The van der Waals surface area contributed by atoms with Gasteiger partial charge in [-0.25, -0.2) is 0 Å². The predicted octanol–water partition coefficient (Wildman–Crippen LogP) is 1.28. The third-order valence-electron chi connectivity index (χ3n) is 1.65. The molecular formula is C8H9N3OS2. The average Bonchev–Trinajstić information content (AvgIpc) is 2.53. The van der Waals surface area contributed by atoms with Crippen molar-refractivity contribution in [2.24, 2.45) is 0 Å². The summed E-state index contributed by atoms with van der Waals surface area (Å²) in [6, 6.07) is 1.97. The number of thiophene rings is 1. The Kier molecular flexibility index (Phi) is 3.38. The zero-order valence-electron chi connectivity index (χ0n) is 7.75. The Bertz CT molecular complexity index is 405. The number of nitrogens with one attached hydrogen (secondary N) is 1. The number of carbonyl (C=O) groups excluding carboxylic acids is 1. The van der Waals surface area contributed by atoms with Gasteiger partial charge >= 0.3 is 0 Å². The number of rotatable bonds is 2. The van der Waals surface area contributed by atoms with Crippen molar-refractivity contribution in [2.45, 2.75) is 4.21 Å². The topological polar surface area (TPSA) is 78.9 Å². The molecule has 74 valence electrons. The van der Waals surface area contributed by atoms with E-state index in [2.05, 4.69) is 5.32 Å². The second kappa shape index (κ2) is 4.35. The normalized spacial score (nSPS) is 9.50. The van der Waals surface area contributed by atoms with Gasteiger partial charge in [0, 0.05) is 7.05 Å². The van der Waals surface area contributed by atoms with Crippen LogP contribution in [0, 0.1) is 11.3 Å². The van der Waals surface area contributed by atoms with Crippen LogP contribution in [0.15, 0.2) is 4.21 Å². The molecule has 0 bridgehead atoms. The molecule has 0 atom stereocenters. The molecule has 3 N–H and O–H groups in total. The molecule has 1 amide bonds. The first kappa shape index (κ1) is 10.9. The van der Waals surface area contributed by atoms with E-state index in [0.29, 0.717) is 10.4 Å². The van der Waals surface area contributed by atoms with Crippen LogP contribution in [0.1, 0.15) is 15.2 Å². The highest BCUT2D eigenvalue weighted by Crippen LogP contribution is 2.36. The summed E-state index contributed by atoms with van der Waals surface area (Å²) in [5.41, 5.74) is 6.38. The first-order chi connectivity index (χ1) is 6.65. The molecular weight excluding hydrogens is 218 g/mol. The van der Waals surface area contributed by atoms with Crippen molar-refractivity contribution in [3.63, 3.8) is 0 Å². The van der Waals surface area contributed by atoms with Gasteiger partial charge in [0.05, 0.1) is 15.5 Å². The molecule has 0 spiro atoms. The fraction of sp³-hybridized carbons (Fsp3) is 0.250. The molecule has 0 unspecified atom stereocenters. The highest BCUT2D eigenvalue weighted by atomic mass is 32.2. The number of amides is 1. The maximum absolute atomic E-state index is 11.4. The van der Waals surface area contributed by atoms with Crippen LogP contribution >= 0.6 is 23.1 Å². The van der Waals surface area contributed by atoms with Crippen molar-refractivity contribution in [1.29, 1.82) is 5.26 Å². The van der Waals surface area contributed by atoms with Crippen LogP contribution in [-0.4, -0.2) is 19.2 Å². The summed E-state index contributed by atoms with van der Waals surface area (Å²) in [7, 11) is 1.54. The molecule has 1 rings (SSSR count). The lowest BCUT2D eigenvalue weighted by molar-refractivity contribution is 0.0962. The fourth-order valence-corrected chi connectivity index (χ4v) is 2.73. The molecule has 14 heavy (non-hydrogen) atoms. The quantitative estimate of drug-likeness (QED) is 0.746. The van der Waals surface area contributed by atoms with Gasteiger partial charge in [-0.15, -0.1) is 23.1 Å². The van der Waals surface area contributed by atoms with Gasteiger partial charge < -0.3 is 11.1 Å². The fourth-order valence-electron chi connectivity index (χ4n) is 0.989. The van der Waals surface area contributed by atoms with Crippen molar-refractivity contribution >= 4 is 34.7 Å². The summed E-state index contributed by atoms with van der Waals surface area (Å²) in [5, 5.41) is 11.2. The molecule has 4 nitrogen and oxygen atoms in total. The van der Waals surface area contributed by atoms with Crippen LogP contribution in [0.2, 0.25) is 0 Å². The first-order valence-electron chi connectivity index (χ1n) is 3.74. The third-order valence-corrected chi connectivity index (χ3v) is 3.88. The van der Waals surface area contributed by atoms with E-state index in [1.165, 1.54) is 30.1 Å². The predicted molar refractivity (Wildman–Crippen MR) is 58.6 cm³/mol. The zero-order valence-corrected chi connectivity index (χ0v) is 9.38. The van der Waals surface area contributed by atoms with Gasteiger partial charge in [-0.1, -0.05) is 0 Å². The van der Waals surface area contributed by atoms with E-state index in [0.717, 1.165) is 4.21 Å². The molecule has 0 saturated heterocycles. The van der Waals surface area contributed by atoms with E-state index < -0.39 is 0 Å². The van der Waals surface area contributed by atoms with E-state index >= 15 is 0 Å². The summed E-state index contributed by atoms with van der Waals surface area (Å²) < 4.78 is 0.776. The number of nitrogens with two attached hydrogens (primary N) is 1. The smallest absolute Gasteiger partial charge is 0.255 e. The van der Waals surface area contributed by atoms with E-state index in [9.17, 15) is 4.79 Å². The maximum atomic E-state index is 11.4. The van der Waals surface area contributed by atoms with Crippen molar-refractivity contribution in [3.8, 4) is 6.07 Å². The van der Waals surface area contributed by atoms with Crippen LogP contribution in [-0.2, 0) is 0 Å². The Hall–Kier alpha value is -1.19. The number of thioether (sulfide) groups is 1. The lowest BCUT2D eigenvalue weighted by atomic mass is 10.2. The van der Waals surface area contributed by atoms with Gasteiger partial charge in [0.1, 0.15) is 10.9 Å². The number of anilines is 1. The molecule has 0 saturated carbocycles. The monoisotopic (exact) mass is 227 g/mol. The second-order valence-electron chi connectivity index (χ2n) is 2.40. The first-order valence-corrected chi connectivity index (χ1v) is 5.78. The molecule has 0 aromatic carbocycles. The second-order valence-corrected chi connectivity index (χ2v) is 4.50. The maximum Gasteiger partial charge on any atom is 0.255 e. The van der Waals surface area contributed by atoms with Crippen LogP contribution < -0.4 is 11.1 Å². The van der Waals surface area contributed by atoms with Gasteiger partial charge in [0.15, 0.2) is 0 Å². The molecule has 0 aliphatic rings. The van der Waals surface area contributed by atoms with Gasteiger partial charge in [-0.05, 0) is 6.26 Å². The number of carbonyl (C=O) groups is 1. The van der Waals surface area contributed by atoms with Gasteiger partial charge in [-0.3, -0.25) is 4.79 Å². The van der Waals surface area contributed by atoms with E-state index in [-0.39, 0.29) is 11.6 Å². The molecule has 1 heterocycles. The van der Waals surface area contributed by atoms with Crippen LogP contribution in [0.3, 0.4) is 0 Å². The highest BCUT2D eigenvalue weighted by molar-refractivity contribution is 8.00. The van der Waals surface area contributed by atoms with Gasteiger partial charge in [0.2, 0.25) is 0 Å². The Balaban J connectivity index is 3.33. The van der Waals surface area contributed by atoms with E-state index in [4.69, 9.17) is 11.0 Å². The molecule has 6 heteroatoms. The standard InChI is InChI=1S/C8H9N3OS2/c1-11-7(12)5-6(10)4(3-9)14-8(5)13-2/h10H2,1-2H3,(H,11,12). The van der Waals surface area contributed by atoms with Crippen LogP contribution in [0.25, 0.3) is 0 Å². The minimum absolute atomic E-state index is 0.246. The molecule has 0 aliphatic heterocycles. The van der Waals surface area contributed by atoms with E-state index in [1.807, 2.05) is 12.3 Å². The van der Waals surface area contributed by atoms with E-state index in [1.54, 1.807) is 0 Å². The van der Waals surface area contributed by atoms with Crippen molar-refractivity contribution in [2.75, 3.05) is 19.0 Å². The summed E-state index contributed by atoms with van der Waals surface area (Å²) in [6.45, 7) is 0. The Morgan fingerprint density at radius 3 is 2.79 bits per heavy atom. The highest BCUT2D eigenvalue weighted by Gasteiger charge is 2.20. The zero-order chi connectivity index (χ0) is 10.7. The SMILES string of the molecule is CNC(=O)c1c(SC)sc(C#N)c1N. The number of nitrogen functional groups attached to an aromatic ring is 1. The lowest BCUT2D eigenvalue weighted by Gasteiger charge is -2.00. The van der Waals surface area contributed by atoms with Crippen LogP contribution in [0.5, 0.6) is 0 Å². The summed E-state index contributed by atoms with van der Waals surface area (Å²) in [4.78, 5) is 11.8. The minimum Gasteiger partial charge on any atom is -0.396 e. The Morgan fingerprint density at radius 1 is 1.71 bits per heavy atom. The summed E-state index contributed by atoms with van der Waals surface area (Å²) >= 11 is 2.66. The number of hydrogen-bond acceptors (Lipinski definition) is 5. The van der Waals surface area contributed by atoms with Gasteiger partial charge in [0.25, 0.3) is 5.91 Å². The van der Waals surface area contributed by atoms with Crippen molar-refractivity contribution in [1.82, 2.24) is 5.32 Å². The Labute approximate surface area is 90.1 Å². The lowest BCUT2D eigenvalue weighted by Crippen LogP contribution is -2.19. The molecule has 1 aromatic rings. The van der Waals surface area contributed by atoms with Crippen molar-refractivity contribution < 1.29 is 4.79 Å².